The molecule has 4 rings (SSSR count). The van der Waals surface area contributed by atoms with Crippen LogP contribution in [0, 0.1) is 0 Å². The Bertz CT molecular complexity index is 1380. The maximum absolute atomic E-state index is 13.0. The monoisotopic (exact) mass is 494 g/mol. The molecule has 0 fully saturated rings. The van der Waals surface area contributed by atoms with Gasteiger partial charge in [-0.05, 0) is 54.6 Å². The number of carbonyl (C=O) groups excluding carboxylic acids is 1. The molecule has 0 radical (unpaired) electrons. The maximum atomic E-state index is 13.0. The summed E-state index contributed by atoms with van der Waals surface area (Å²) in [6.45, 7) is 0. The van der Waals surface area contributed by atoms with E-state index in [1.165, 1.54) is 42.1 Å². The SMILES string of the molecule is O=C(Nc1ccccc1Sc1ccccc1)c1cc(NS(=O)(=O)c2ccccc2)ccc1Cl. The highest BCUT2D eigenvalue weighted by molar-refractivity contribution is 7.99. The zero-order valence-corrected chi connectivity index (χ0v) is 19.6. The van der Waals surface area contributed by atoms with Crippen LogP contribution in [0.5, 0.6) is 0 Å². The molecular formula is C25H19ClN2O3S2. The summed E-state index contributed by atoms with van der Waals surface area (Å²) in [6, 6.07) is 29.7. The zero-order chi connectivity index (χ0) is 23.3. The van der Waals surface area contributed by atoms with Crippen molar-refractivity contribution >= 4 is 50.7 Å². The number of amides is 1. The third-order valence-electron chi connectivity index (χ3n) is 4.62. The second-order valence-electron chi connectivity index (χ2n) is 6.98. The van der Waals surface area contributed by atoms with Gasteiger partial charge < -0.3 is 5.32 Å². The third kappa shape index (κ3) is 5.76. The standard InChI is InChI=1S/C25H19ClN2O3S2/c26-22-16-15-18(28-33(30,31)20-11-5-2-6-12-20)17-21(22)25(29)27-23-13-7-8-14-24(23)32-19-9-3-1-4-10-19/h1-17,28H,(H,27,29). The summed E-state index contributed by atoms with van der Waals surface area (Å²) < 4.78 is 27.8. The lowest BCUT2D eigenvalue weighted by atomic mass is 10.2. The Balaban J connectivity index is 1.56. The molecule has 0 saturated carbocycles. The number of sulfonamides is 1. The Morgan fingerprint density at radius 3 is 2.15 bits per heavy atom. The fraction of sp³-hybridized carbons (Fsp3) is 0. The van der Waals surface area contributed by atoms with Crippen molar-refractivity contribution in [2.75, 3.05) is 10.0 Å². The topological polar surface area (TPSA) is 75.3 Å². The molecule has 0 spiro atoms. The van der Waals surface area contributed by atoms with Crippen molar-refractivity contribution < 1.29 is 13.2 Å². The van der Waals surface area contributed by atoms with Crippen molar-refractivity contribution in [3.05, 3.63) is 114 Å². The molecule has 33 heavy (non-hydrogen) atoms. The van der Waals surface area contributed by atoms with E-state index in [1.54, 1.807) is 24.3 Å². The predicted octanol–water partition coefficient (Wildman–Crippen LogP) is 6.54. The van der Waals surface area contributed by atoms with Crippen molar-refractivity contribution in [1.29, 1.82) is 0 Å². The summed E-state index contributed by atoms with van der Waals surface area (Å²) in [5.74, 6) is -0.443. The van der Waals surface area contributed by atoms with E-state index in [1.807, 2.05) is 48.5 Å². The van der Waals surface area contributed by atoms with Crippen LogP contribution < -0.4 is 10.0 Å². The molecule has 166 valence electrons. The highest BCUT2D eigenvalue weighted by Crippen LogP contribution is 2.34. The van der Waals surface area contributed by atoms with Crippen LogP contribution in [0.25, 0.3) is 0 Å². The minimum absolute atomic E-state index is 0.123. The van der Waals surface area contributed by atoms with E-state index in [4.69, 9.17) is 11.6 Å². The first-order chi connectivity index (χ1) is 15.9. The van der Waals surface area contributed by atoms with Gasteiger partial charge in [-0.15, -0.1) is 0 Å². The van der Waals surface area contributed by atoms with Gasteiger partial charge in [0.2, 0.25) is 0 Å². The van der Waals surface area contributed by atoms with Crippen LogP contribution in [0.2, 0.25) is 5.02 Å². The molecule has 0 saturated heterocycles. The predicted molar refractivity (Wildman–Crippen MR) is 134 cm³/mol. The zero-order valence-electron chi connectivity index (χ0n) is 17.2. The molecule has 2 N–H and O–H groups in total. The van der Waals surface area contributed by atoms with Crippen LogP contribution >= 0.6 is 23.4 Å². The first-order valence-corrected chi connectivity index (χ1v) is 12.6. The average molecular weight is 495 g/mol. The number of hydrogen-bond acceptors (Lipinski definition) is 4. The van der Waals surface area contributed by atoms with Crippen molar-refractivity contribution in [1.82, 2.24) is 0 Å². The average Bonchev–Trinajstić information content (AvgIpc) is 2.82. The van der Waals surface area contributed by atoms with E-state index in [2.05, 4.69) is 10.0 Å². The van der Waals surface area contributed by atoms with Gasteiger partial charge in [0, 0.05) is 15.5 Å². The number of nitrogens with one attached hydrogen (secondary N) is 2. The van der Waals surface area contributed by atoms with Gasteiger partial charge in [-0.1, -0.05) is 71.9 Å². The molecule has 8 heteroatoms. The summed E-state index contributed by atoms with van der Waals surface area (Å²) in [4.78, 5) is 15.1. The van der Waals surface area contributed by atoms with Gasteiger partial charge in [-0.2, -0.15) is 0 Å². The second kappa shape index (κ2) is 10.1. The van der Waals surface area contributed by atoms with Crippen molar-refractivity contribution in [2.45, 2.75) is 14.7 Å². The number of carbonyl (C=O) groups is 1. The van der Waals surface area contributed by atoms with Crippen LogP contribution in [0.4, 0.5) is 11.4 Å². The number of rotatable bonds is 7. The Morgan fingerprint density at radius 2 is 1.42 bits per heavy atom. The highest BCUT2D eigenvalue weighted by atomic mass is 35.5. The van der Waals surface area contributed by atoms with Gasteiger partial charge in [0.25, 0.3) is 15.9 Å². The molecule has 0 bridgehead atoms. The lowest BCUT2D eigenvalue weighted by Gasteiger charge is -2.13. The summed E-state index contributed by atoms with van der Waals surface area (Å²) in [5, 5.41) is 3.10. The first kappa shape index (κ1) is 22.9. The van der Waals surface area contributed by atoms with E-state index < -0.39 is 15.9 Å². The van der Waals surface area contributed by atoms with E-state index in [9.17, 15) is 13.2 Å². The Morgan fingerprint density at radius 1 is 0.788 bits per heavy atom. The molecule has 1 amide bonds. The Labute approximate surface area is 201 Å². The quantitative estimate of drug-likeness (QED) is 0.305. The van der Waals surface area contributed by atoms with Gasteiger partial charge in [-0.3, -0.25) is 9.52 Å². The fourth-order valence-electron chi connectivity index (χ4n) is 3.04. The van der Waals surface area contributed by atoms with Gasteiger partial charge >= 0.3 is 0 Å². The molecule has 4 aromatic carbocycles. The summed E-state index contributed by atoms with van der Waals surface area (Å²) in [7, 11) is -3.80. The molecule has 0 atom stereocenters. The van der Waals surface area contributed by atoms with Crippen LogP contribution in [-0.4, -0.2) is 14.3 Å². The molecule has 4 aromatic rings. The third-order valence-corrected chi connectivity index (χ3v) is 7.43. The molecule has 0 aliphatic carbocycles. The molecule has 0 unspecified atom stereocenters. The minimum Gasteiger partial charge on any atom is -0.321 e. The van der Waals surface area contributed by atoms with Crippen molar-refractivity contribution in [3.8, 4) is 0 Å². The van der Waals surface area contributed by atoms with Gasteiger partial charge in [0.05, 0.1) is 21.2 Å². The number of anilines is 2. The van der Waals surface area contributed by atoms with E-state index in [0.717, 1.165) is 9.79 Å². The minimum atomic E-state index is -3.80. The summed E-state index contributed by atoms with van der Waals surface area (Å²) >= 11 is 7.80. The molecule has 0 aliphatic heterocycles. The number of benzene rings is 4. The van der Waals surface area contributed by atoms with Crippen LogP contribution in [0.15, 0.2) is 118 Å². The molecule has 0 heterocycles. The highest BCUT2D eigenvalue weighted by Gasteiger charge is 2.17. The van der Waals surface area contributed by atoms with E-state index in [-0.39, 0.29) is 21.2 Å². The normalized spacial score (nSPS) is 11.1. The first-order valence-electron chi connectivity index (χ1n) is 9.93. The van der Waals surface area contributed by atoms with Crippen LogP contribution in [0.1, 0.15) is 10.4 Å². The summed E-state index contributed by atoms with van der Waals surface area (Å²) in [5.41, 5.74) is 1.02. The largest absolute Gasteiger partial charge is 0.321 e. The van der Waals surface area contributed by atoms with Gasteiger partial charge in [0.15, 0.2) is 0 Å². The van der Waals surface area contributed by atoms with E-state index in [0.29, 0.717) is 5.69 Å². The van der Waals surface area contributed by atoms with Crippen molar-refractivity contribution in [2.24, 2.45) is 0 Å². The molecular weight excluding hydrogens is 476 g/mol. The summed E-state index contributed by atoms with van der Waals surface area (Å²) in [6.07, 6.45) is 0. The number of hydrogen-bond donors (Lipinski definition) is 2. The molecule has 5 nitrogen and oxygen atoms in total. The van der Waals surface area contributed by atoms with Crippen LogP contribution in [-0.2, 0) is 10.0 Å². The molecule has 0 aromatic heterocycles. The fourth-order valence-corrected chi connectivity index (χ4v) is 5.24. The molecule has 0 aliphatic rings. The maximum Gasteiger partial charge on any atom is 0.261 e. The Hall–Kier alpha value is -3.26. The lowest BCUT2D eigenvalue weighted by molar-refractivity contribution is 0.102. The van der Waals surface area contributed by atoms with Crippen molar-refractivity contribution in [3.63, 3.8) is 0 Å². The van der Waals surface area contributed by atoms with Gasteiger partial charge in [0.1, 0.15) is 0 Å². The second-order valence-corrected chi connectivity index (χ2v) is 10.2. The lowest BCUT2D eigenvalue weighted by Crippen LogP contribution is -2.16. The van der Waals surface area contributed by atoms with Crippen LogP contribution in [0.3, 0.4) is 0 Å². The smallest absolute Gasteiger partial charge is 0.261 e. The van der Waals surface area contributed by atoms with Gasteiger partial charge in [-0.25, -0.2) is 8.42 Å². The van der Waals surface area contributed by atoms with E-state index >= 15 is 0 Å². The number of para-hydroxylation sites is 1. The Kier molecular flexibility index (Phi) is 7.03. The number of halogens is 1.